The molecule has 0 aliphatic carbocycles. The highest BCUT2D eigenvalue weighted by molar-refractivity contribution is 7.92. The molecule has 2 aromatic carbocycles. The Morgan fingerprint density at radius 2 is 1.88 bits per heavy atom. The van der Waals surface area contributed by atoms with E-state index >= 15 is 0 Å². The molecule has 3 rings (SSSR count). The number of hydrogen-bond acceptors (Lipinski definition) is 5. The molecule has 0 amide bonds. The number of aliphatic hydroxyl groups is 1. The summed E-state index contributed by atoms with van der Waals surface area (Å²) in [7, 11) is -3.74. The molecule has 0 bridgehead atoms. The van der Waals surface area contributed by atoms with Crippen LogP contribution in [0.1, 0.15) is 55.0 Å². The fourth-order valence-corrected chi connectivity index (χ4v) is 5.71. The lowest BCUT2D eigenvalue weighted by Gasteiger charge is -2.27. The van der Waals surface area contributed by atoms with Crippen LogP contribution < -0.4 is 9.62 Å². The van der Waals surface area contributed by atoms with Crippen molar-refractivity contribution >= 4 is 15.7 Å². The van der Waals surface area contributed by atoms with Gasteiger partial charge >= 0.3 is 0 Å². The minimum absolute atomic E-state index is 0.176. The number of rotatable bonds is 11. The zero-order chi connectivity index (χ0) is 23.5. The van der Waals surface area contributed by atoms with Gasteiger partial charge < -0.3 is 15.2 Å². The maximum Gasteiger partial charge on any atom is 0.264 e. The average Bonchev–Trinajstić information content (AvgIpc) is 3.58. The van der Waals surface area contributed by atoms with Crippen molar-refractivity contribution in [3.63, 3.8) is 0 Å². The molecule has 1 fully saturated rings. The topological polar surface area (TPSA) is 82.2 Å². The van der Waals surface area contributed by atoms with Crippen LogP contribution in [0.25, 0.3) is 0 Å². The second kappa shape index (κ2) is 10.3. The fourth-order valence-electron chi connectivity index (χ4n) is 3.94. The van der Waals surface area contributed by atoms with Gasteiger partial charge in [-0.1, -0.05) is 43.2 Å². The number of aryl methyl sites for hydroxylation is 3. The highest BCUT2D eigenvalue weighted by Gasteiger charge is 2.30. The Kier molecular flexibility index (Phi) is 7.98. The van der Waals surface area contributed by atoms with Crippen LogP contribution in [0.3, 0.4) is 0 Å². The zero-order valence-corrected chi connectivity index (χ0v) is 20.6. The molecule has 2 N–H and O–H groups in total. The summed E-state index contributed by atoms with van der Waals surface area (Å²) in [4.78, 5) is 0.275. The maximum absolute atomic E-state index is 13.7. The molecule has 3 atom stereocenters. The predicted molar refractivity (Wildman–Crippen MR) is 129 cm³/mol. The summed E-state index contributed by atoms with van der Waals surface area (Å²) in [6.07, 6.45) is 1.17. The van der Waals surface area contributed by atoms with Crippen LogP contribution >= 0.6 is 0 Å². The molecule has 1 heterocycles. The lowest BCUT2D eigenvalue weighted by atomic mass is 10.1. The van der Waals surface area contributed by atoms with Gasteiger partial charge in [0.05, 0.1) is 29.4 Å². The van der Waals surface area contributed by atoms with E-state index in [1.54, 1.807) is 25.1 Å². The SMILES string of the molecule is CCCCN(c1ccc(C)cc1C)S(=O)(=O)c1ccc(C(O)CNC(C)C2CO2)cc1C. The van der Waals surface area contributed by atoms with Crippen molar-refractivity contribution in [2.24, 2.45) is 0 Å². The first-order valence-electron chi connectivity index (χ1n) is 11.4. The number of anilines is 1. The Hall–Kier alpha value is -1.93. The van der Waals surface area contributed by atoms with Gasteiger partial charge in [-0.05, 0) is 62.9 Å². The highest BCUT2D eigenvalue weighted by Crippen LogP contribution is 2.30. The molecule has 32 heavy (non-hydrogen) atoms. The molecule has 0 radical (unpaired) electrons. The minimum Gasteiger partial charge on any atom is -0.387 e. The van der Waals surface area contributed by atoms with Gasteiger partial charge in [0.2, 0.25) is 0 Å². The van der Waals surface area contributed by atoms with E-state index in [-0.39, 0.29) is 17.0 Å². The molecule has 2 aromatic rings. The predicted octanol–water partition coefficient (Wildman–Crippen LogP) is 4.02. The number of epoxide rings is 1. The molecule has 1 aliphatic rings. The number of unbranched alkanes of at least 4 members (excludes halogenated alkanes) is 1. The van der Waals surface area contributed by atoms with Crippen molar-refractivity contribution in [1.29, 1.82) is 0 Å². The van der Waals surface area contributed by atoms with Crippen LogP contribution in [0, 0.1) is 20.8 Å². The molecule has 0 saturated carbocycles. The Bertz CT molecular complexity index is 1030. The van der Waals surface area contributed by atoms with Gasteiger partial charge in [0.15, 0.2) is 0 Å². The number of nitrogens with zero attached hydrogens (tertiary/aromatic N) is 1. The average molecular weight is 461 g/mol. The van der Waals surface area contributed by atoms with Gasteiger partial charge in [0.1, 0.15) is 0 Å². The van der Waals surface area contributed by atoms with Gasteiger partial charge in [0, 0.05) is 19.1 Å². The first kappa shape index (κ1) is 24.7. The lowest BCUT2D eigenvalue weighted by Crippen LogP contribution is -2.34. The van der Waals surface area contributed by atoms with Crippen LogP contribution in [0.15, 0.2) is 41.3 Å². The normalized spacial score (nSPS) is 17.8. The monoisotopic (exact) mass is 460 g/mol. The van der Waals surface area contributed by atoms with Gasteiger partial charge in [-0.25, -0.2) is 8.42 Å². The Labute approximate surface area is 192 Å². The second-order valence-corrected chi connectivity index (χ2v) is 10.7. The maximum atomic E-state index is 13.7. The molecule has 176 valence electrons. The summed E-state index contributed by atoms with van der Waals surface area (Å²) in [5.74, 6) is 0. The molecule has 1 aliphatic heterocycles. The van der Waals surface area contributed by atoms with Crippen LogP contribution in [0.2, 0.25) is 0 Å². The van der Waals surface area contributed by atoms with Crippen LogP contribution in [0.5, 0.6) is 0 Å². The van der Waals surface area contributed by atoms with E-state index in [2.05, 4.69) is 12.2 Å². The van der Waals surface area contributed by atoms with Gasteiger partial charge in [-0.3, -0.25) is 4.31 Å². The Balaban J connectivity index is 1.85. The second-order valence-electron chi connectivity index (χ2n) is 8.83. The van der Waals surface area contributed by atoms with E-state index in [0.717, 1.165) is 30.6 Å². The van der Waals surface area contributed by atoms with E-state index in [1.165, 1.54) is 4.31 Å². The van der Waals surface area contributed by atoms with Crippen LogP contribution in [-0.4, -0.2) is 45.4 Å². The molecule has 7 heteroatoms. The first-order chi connectivity index (χ1) is 15.1. The minimum atomic E-state index is -3.74. The van der Waals surface area contributed by atoms with Crippen molar-refractivity contribution in [3.8, 4) is 0 Å². The third-order valence-electron chi connectivity index (χ3n) is 6.04. The molecule has 3 unspecified atom stereocenters. The third kappa shape index (κ3) is 5.70. The van der Waals surface area contributed by atoms with Crippen LogP contribution in [0.4, 0.5) is 5.69 Å². The lowest BCUT2D eigenvalue weighted by molar-refractivity contribution is 0.167. The summed E-state index contributed by atoms with van der Waals surface area (Å²) >= 11 is 0. The molecular weight excluding hydrogens is 424 g/mol. The van der Waals surface area contributed by atoms with Gasteiger partial charge in [0.25, 0.3) is 10.0 Å². The zero-order valence-electron chi connectivity index (χ0n) is 19.8. The van der Waals surface area contributed by atoms with E-state index in [9.17, 15) is 13.5 Å². The van der Waals surface area contributed by atoms with Gasteiger partial charge in [-0.15, -0.1) is 0 Å². The smallest absolute Gasteiger partial charge is 0.264 e. The van der Waals surface area contributed by atoms with E-state index < -0.39 is 16.1 Å². The van der Waals surface area contributed by atoms with E-state index in [1.807, 2.05) is 39.0 Å². The van der Waals surface area contributed by atoms with Crippen molar-refractivity contribution in [2.75, 3.05) is 24.0 Å². The highest BCUT2D eigenvalue weighted by atomic mass is 32.2. The van der Waals surface area contributed by atoms with Crippen molar-refractivity contribution < 1.29 is 18.3 Å². The molecule has 1 saturated heterocycles. The number of sulfonamides is 1. The third-order valence-corrected chi connectivity index (χ3v) is 8.01. The standard InChI is InChI=1S/C25H36N2O4S/c1-6-7-12-27(22-10-8-17(2)13-18(22)3)32(29,30)25-11-9-21(14-19(25)4)23(28)15-26-20(5)24-16-31-24/h8-11,13-14,20,23-24,26,28H,6-7,12,15-16H2,1-5H3. The summed E-state index contributed by atoms with van der Waals surface area (Å²) in [6, 6.07) is 11.1. The summed E-state index contributed by atoms with van der Waals surface area (Å²) in [5, 5.41) is 13.9. The number of benzene rings is 2. The van der Waals surface area contributed by atoms with Crippen LogP contribution in [-0.2, 0) is 14.8 Å². The first-order valence-corrected chi connectivity index (χ1v) is 12.8. The summed E-state index contributed by atoms with van der Waals surface area (Å²) < 4.78 is 34.2. The number of aliphatic hydroxyl groups excluding tert-OH is 1. The van der Waals surface area contributed by atoms with E-state index in [0.29, 0.717) is 29.9 Å². The number of ether oxygens (including phenoxy) is 1. The van der Waals surface area contributed by atoms with Crippen molar-refractivity contribution in [1.82, 2.24) is 5.32 Å². The van der Waals surface area contributed by atoms with E-state index in [4.69, 9.17) is 4.74 Å². The van der Waals surface area contributed by atoms with Crippen molar-refractivity contribution in [3.05, 3.63) is 58.7 Å². The Morgan fingerprint density at radius 1 is 1.16 bits per heavy atom. The number of nitrogens with one attached hydrogen (secondary N) is 1. The molecule has 0 aromatic heterocycles. The summed E-state index contributed by atoms with van der Waals surface area (Å²) in [6.45, 7) is 11.4. The Morgan fingerprint density at radius 3 is 2.47 bits per heavy atom. The molecule has 6 nitrogen and oxygen atoms in total. The van der Waals surface area contributed by atoms with Crippen molar-refractivity contribution in [2.45, 2.75) is 70.6 Å². The summed E-state index contributed by atoms with van der Waals surface area (Å²) in [5.41, 5.74) is 4.09. The number of hydrogen-bond donors (Lipinski definition) is 2. The quantitative estimate of drug-likeness (QED) is 0.495. The molecular formula is C25H36N2O4S. The molecule has 0 spiro atoms. The van der Waals surface area contributed by atoms with Gasteiger partial charge in [-0.2, -0.15) is 0 Å². The fraction of sp³-hybridized carbons (Fsp3) is 0.520. The largest absolute Gasteiger partial charge is 0.387 e.